The van der Waals surface area contributed by atoms with E-state index >= 15 is 0 Å². The molecule has 8 nitrogen and oxygen atoms in total. The van der Waals surface area contributed by atoms with E-state index in [4.69, 9.17) is 4.74 Å². The van der Waals surface area contributed by atoms with Crippen LogP contribution in [0.3, 0.4) is 0 Å². The summed E-state index contributed by atoms with van der Waals surface area (Å²) >= 11 is 0. The third kappa shape index (κ3) is 4.86. The van der Waals surface area contributed by atoms with Gasteiger partial charge in [0.15, 0.2) is 5.65 Å². The molecule has 1 saturated heterocycles. The van der Waals surface area contributed by atoms with E-state index in [0.29, 0.717) is 23.3 Å². The van der Waals surface area contributed by atoms with Gasteiger partial charge in [-0.15, -0.1) is 0 Å². The maximum absolute atomic E-state index is 14.4. The highest BCUT2D eigenvalue weighted by Gasteiger charge is 2.27. The molecule has 0 spiro atoms. The predicted molar refractivity (Wildman–Crippen MR) is 125 cm³/mol. The number of nitrogens with one attached hydrogen (secondary N) is 1. The molecule has 3 aromatic rings. The average Bonchev–Trinajstić information content (AvgIpc) is 2.99. The van der Waals surface area contributed by atoms with Crippen molar-refractivity contribution in [1.82, 2.24) is 19.4 Å². The van der Waals surface area contributed by atoms with Gasteiger partial charge < -0.3 is 15.0 Å². The number of rotatable bonds is 4. The van der Waals surface area contributed by atoms with Gasteiger partial charge in [-0.2, -0.15) is 0 Å². The Bertz CT molecular complexity index is 1230. The van der Waals surface area contributed by atoms with Crippen molar-refractivity contribution in [1.29, 1.82) is 0 Å². The number of hydrogen-bond acceptors (Lipinski definition) is 5. The van der Waals surface area contributed by atoms with E-state index in [-0.39, 0.29) is 24.1 Å². The fourth-order valence-electron chi connectivity index (χ4n) is 4.29. The fourth-order valence-corrected chi connectivity index (χ4v) is 4.29. The summed E-state index contributed by atoms with van der Waals surface area (Å²) in [5, 5.41) is 2.96. The van der Waals surface area contributed by atoms with Crippen LogP contribution in [-0.2, 0) is 18.3 Å². The highest BCUT2D eigenvalue weighted by atomic mass is 19.1. The van der Waals surface area contributed by atoms with Crippen LogP contribution in [-0.4, -0.2) is 44.9 Å². The number of ether oxygens (including phenoxy) is 1. The summed E-state index contributed by atoms with van der Waals surface area (Å²) in [4.78, 5) is 31.9. The van der Waals surface area contributed by atoms with Crippen molar-refractivity contribution >= 4 is 22.9 Å². The van der Waals surface area contributed by atoms with Crippen LogP contribution in [0.2, 0.25) is 0 Å². The molecule has 0 bridgehead atoms. The summed E-state index contributed by atoms with van der Waals surface area (Å²) in [6, 6.07) is 8.23. The molecule has 0 radical (unpaired) electrons. The van der Waals surface area contributed by atoms with Crippen molar-refractivity contribution in [3.63, 3.8) is 0 Å². The lowest BCUT2D eigenvalue weighted by atomic mass is 10.0. The Morgan fingerprint density at radius 3 is 2.76 bits per heavy atom. The molecule has 9 heteroatoms. The molecule has 1 unspecified atom stereocenters. The van der Waals surface area contributed by atoms with Crippen LogP contribution in [0.1, 0.15) is 39.2 Å². The highest BCUT2D eigenvalue weighted by Crippen LogP contribution is 2.28. The number of aromatic nitrogens is 3. The highest BCUT2D eigenvalue weighted by molar-refractivity contribution is 5.87. The first-order valence-corrected chi connectivity index (χ1v) is 11.2. The number of hydrogen-bond donors (Lipinski definition) is 1. The Morgan fingerprint density at radius 2 is 2.03 bits per heavy atom. The van der Waals surface area contributed by atoms with Gasteiger partial charge in [-0.3, -0.25) is 9.13 Å². The van der Waals surface area contributed by atoms with Gasteiger partial charge >= 0.3 is 11.8 Å². The Hall–Kier alpha value is -3.36. The zero-order valence-corrected chi connectivity index (χ0v) is 19.5. The van der Waals surface area contributed by atoms with Gasteiger partial charge in [0.1, 0.15) is 16.9 Å². The smallest absolute Gasteiger partial charge is 0.407 e. The minimum Gasteiger partial charge on any atom is -0.444 e. The Balaban J connectivity index is 1.66. The molecular formula is C24H30FN5O3. The van der Waals surface area contributed by atoms with Crippen molar-refractivity contribution in [3.8, 4) is 0 Å². The van der Waals surface area contributed by atoms with E-state index in [9.17, 15) is 14.0 Å². The minimum atomic E-state index is -0.567. The van der Waals surface area contributed by atoms with Gasteiger partial charge in [-0.25, -0.2) is 19.0 Å². The Labute approximate surface area is 192 Å². The SMILES string of the molecule is Cn1c(=O)n(Cc2ccccc2F)c2c(N3CCCC(NC(=O)OC(C)(C)C)C3)ccnc21. The van der Waals surface area contributed by atoms with Gasteiger partial charge in [0.25, 0.3) is 0 Å². The monoisotopic (exact) mass is 455 g/mol. The minimum absolute atomic E-state index is 0.0905. The quantitative estimate of drug-likeness (QED) is 0.652. The molecule has 0 saturated carbocycles. The summed E-state index contributed by atoms with van der Waals surface area (Å²) < 4.78 is 22.8. The molecule has 1 aromatic carbocycles. The van der Waals surface area contributed by atoms with Crippen molar-refractivity contribution < 1.29 is 13.9 Å². The number of anilines is 1. The van der Waals surface area contributed by atoms with E-state index in [2.05, 4.69) is 15.2 Å². The zero-order chi connectivity index (χ0) is 23.8. The normalized spacial score (nSPS) is 16.8. The lowest BCUT2D eigenvalue weighted by Gasteiger charge is -2.35. The first kappa shape index (κ1) is 22.8. The molecule has 3 heterocycles. The van der Waals surface area contributed by atoms with Crippen molar-refractivity contribution in [2.75, 3.05) is 18.0 Å². The van der Waals surface area contributed by atoms with Crippen LogP contribution in [0.5, 0.6) is 0 Å². The van der Waals surface area contributed by atoms with Gasteiger partial charge in [0.05, 0.1) is 12.2 Å². The standard InChI is InChI=1S/C24H30FN5O3/c1-24(2,3)33-22(31)27-17-9-7-13-29(15-17)19-11-12-26-21-20(19)30(23(32)28(21)4)14-16-8-5-6-10-18(16)25/h5-6,8,10-12,17H,7,9,13-15H2,1-4H3,(H,27,31). The maximum atomic E-state index is 14.4. The van der Waals surface area contributed by atoms with Gasteiger partial charge in [0, 0.05) is 37.9 Å². The molecule has 1 aliphatic rings. The average molecular weight is 456 g/mol. The van der Waals surface area contributed by atoms with Crippen LogP contribution in [0, 0.1) is 5.82 Å². The van der Waals surface area contributed by atoms with E-state index in [1.54, 1.807) is 36.0 Å². The zero-order valence-electron chi connectivity index (χ0n) is 19.5. The largest absolute Gasteiger partial charge is 0.444 e. The summed E-state index contributed by atoms with van der Waals surface area (Å²) in [5.74, 6) is -0.355. The number of amides is 1. The predicted octanol–water partition coefficient (Wildman–Crippen LogP) is 3.42. The molecule has 2 aromatic heterocycles. The van der Waals surface area contributed by atoms with E-state index < -0.39 is 11.7 Å². The van der Waals surface area contributed by atoms with Crippen LogP contribution in [0.4, 0.5) is 14.9 Å². The maximum Gasteiger partial charge on any atom is 0.407 e. The summed E-state index contributed by atoms with van der Waals surface area (Å²) in [5.41, 5.74) is 1.65. The fraction of sp³-hybridized carbons (Fsp3) is 0.458. The number of benzene rings is 1. The topological polar surface area (TPSA) is 81.4 Å². The number of piperidine rings is 1. The second kappa shape index (κ2) is 8.88. The van der Waals surface area contributed by atoms with Crippen molar-refractivity contribution in [3.05, 3.63) is 58.4 Å². The molecule has 1 fully saturated rings. The van der Waals surface area contributed by atoms with Crippen LogP contribution in [0.25, 0.3) is 11.2 Å². The van der Waals surface area contributed by atoms with E-state index in [1.165, 1.54) is 10.6 Å². The summed E-state index contributed by atoms with van der Waals surface area (Å²) in [6.45, 7) is 6.94. The van der Waals surface area contributed by atoms with Gasteiger partial charge in [0.2, 0.25) is 0 Å². The third-order valence-corrected chi connectivity index (χ3v) is 5.76. The molecule has 1 aliphatic heterocycles. The molecule has 1 amide bonds. The molecular weight excluding hydrogens is 425 g/mol. The number of nitrogens with zero attached hydrogens (tertiary/aromatic N) is 4. The number of carbonyl (C=O) groups is 1. The Morgan fingerprint density at radius 1 is 1.27 bits per heavy atom. The van der Waals surface area contributed by atoms with Crippen LogP contribution in [0.15, 0.2) is 41.3 Å². The molecule has 33 heavy (non-hydrogen) atoms. The summed E-state index contributed by atoms with van der Waals surface area (Å²) in [6.07, 6.45) is 2.94. The number of fused-ring (bicyclic) bond motifs is 1. The molecule has 176 valence electrons. The van der Waals surface area contributed by atoms with Gasteiger partial charge in [-0.1, -0.05) is 18.2 Å². The summed E-state index contributed by atoms with van der Waals surface area (Å²) in [7, 11) is 1.67. The number of carbonyl (C=O) groups excluding carboxylic acids is 1. The lowest BCUT2D eigenvalue weighted by Crippen LogP contribution is -2.49. The molecule has 4 rings (SSSR count). The third-order valence-electron chi connectivity index (χ3n) is 5.76. The number of aryl methyl sites for hydroxylation is 1. The second-order valence-electron chi connectivity index (χ2n) is 9.45. The second-order valence-corrected chi connectivity index (χ2v) is 9.45. The van der Waals surface area contributed by atoms with Gasteiger partial charge in [-0.05, 0) is 45.7 Å². The number of imidazole rings is 1. The number of alkyl carbamates (subject to hydrolysis) is 1. The molecule has 1 atom stereocenters. The first-order valence-electron chi connectivity index (χ1n) is 11.2. The van der Waals surface area contributed by atoms with E-state index in [0.717, 1.165) is 25.1 Å². The Kier molecular flexibility index (Phi) is 6.14. The molecule has 0 aliphatic carbocycles. The van der Waals surface area contributed by atoms with Crippen LogP contribution < -0.4 is 15.9 Å². The first-order chi connectivity index (χ1) is 15.6. The van der Waals surface area contributed by atoms with E-state index in [1.807, 2.05) is 26.8 Å². The lowest BCUT2D eigenvalue weighted by molar-refractivity contribution is 0.0500. The number of halogens is 1. The van der Waals surface area contributed by atoms with Crippen molar-refractivity contribution in [2.24, 2.45) is 7.05 Å². The number of pyridine rings is 1. The van der Waals surface area contributed by atoms with Crippen molar-refractivity contribution in [2.45, 2.75) is 51.8 Å². The van der Waals surface area contributed by atoms with Crippen LogP contribution >= 0.6 is 0 Å². The molecule has 1 N–H and O–H groups in total.